The molecule has 0 fully saturated rings. The largest absolute Gasteiger partial charge is 0.461 e. The summed E-state index contributed by atoms with van der Waals surface area (Å²) >= 11 is 0. The first-order valence-corrected chi connectivity index (χ1v) is 12.6. The lowest BCUT2D eigenvalue weighted by Gasteiger charge is -2.26. The zero-order valence-corrected chi connectivity index (χ0v) is 22.5. The van der Waals surface area contributed by atoms with Crippen LogP contribution in [0, 0.1) is 5.92 Å². The number of benzene rings is 1. The summed E-state index contributed by atoms with van der Waals surface area (Å²) in [7, 11) is 0. The van der Waals surface area contributed by atoms with E-state index in [-0.39, 0.29) is 19.6 Å². The average Bonchev–Trinajstić information content (AvgIpc) is 3.20. The summed E-state index contributed by atoms with van der Waals surface area (Å²) in [5, 5.41) is 10.3. The first-order chi connectivity index (χ1) is 18.9. The van der Waals surface area contributed by atoms with Crippen molar-refractivity contribution in [1.82, 2.24) is 20.9 Å². The second kappa shape index (κ2) is 15.0. The zero-order valence-electron chi connectivity index (χ0n) is 22.5. The minimum absolute atomic E-state index is 0.0774. The van der Waals surface area contributed by atoms with Crippen molar-refractivity contribution in [1.29, 1.82) is 0 Å². The van der Waals surface area contributed by atoms with Gasteiger partial charge in [0.1, 0.15) is 25.2 Å². The Morgan fingerprint density at radius 1 is 0.950 bits per heavy atom. The van der Waals surface area contributed by atoms with Crippen LogP contribution in [0.25, 0.3) is 0 Å². The van der Waals surface area contributed by atoms with Crippen molar-refractivity contribution in [3.05, 3.63) is 42.0 Å². The van der Waals surface area contributed by atoms with E-state index in [9.17, 15) is 33.6 Å². The van der Waals surface area contributed by atoms with Gasteiger partial charge in [0, 0.05) is 31.3 Å². The summed E-state index contributed by atoms with van der Waals surface area (Å²) in [5.74, 6) is -4.02. The number of rotatable bonds is 14. The van der Waals surface area contributed by atoms with Crippen molar-refractivity contribution < 1.29 is 38.3 Å². The molecule has 0 radical (unpaired) electrons. The normalized spacial score (nSPS) is 13.9. The number of urea groups is 1. The highest BCUT2D eigenvalue weighted by Crippen LogP contribution is 2.13. The van der Waals surface area contributed by atoms with Gasteiger partial charge in [-0.05, 0) is 36.5 Å². The number of amides is 7. The Morgan fingerprint density at radius 3 is 2.12 bits per heavy atom. The van der Waals surface area contributed by atoms with Crippen LogP contribution in [-0.4, -0.2) is 71.6 Å². The molecule has 1 aromatic rings. The van der Waals surface area contributed by atoms with E-state index in [0.29, 0.717) is 17.7 Å². The molecule has 0 saturated heterocycles. The second-order valence-corrected chi connectivity index (χ2v) is 9.35. The highest BCUT2D eigenvalue weighted by atomic mass is 16.5. The molecule has 14 nitrogen and oxygen atoms in total. The van der Waals surface area contributed by atoms with E-state index in [0.717, 1.165) is 17.1 Å². The summed E-state index contributed by atoms with van der Waals surface area (Å²) in [6, 6.07) is 3.69. The van der Waals surface area contributed by atoms with E-state index in [1.807, 2.05) is 0 Å². The summed E-state index contributed by atoms with van der Waals surface area (Å²) < 4.78 is 4.94. The first-order valence-electron chi connectivity index (χ1n) is 12.6. The predicted molar refractivity (Wildman–Crippen MR) is 142 cm³/mol. The van der Waals surface area contributed by atoms with Crippen molar-refractivity contribution in [2.75, 3.05) is 18.4 Å². The fourth-order valence-corrected chi connectivity index (χ4v) is 3.63. The molecular formula is C26H34N6O8. The average molecular weight is 559 g/mol. The Bertz CT molecular complexity index is 1150. The number of hydrogen-bond acceptors (Lipinski definition) is 8. The Balaban J connectivity index is 2.08. The van der Waals surface area contributed by atoms with Crippen LogP contribution in [0.5, 0.6) is 0 Å². The van der Waals surface area contributed by atoms with Crippen molar-refractivity contribution >= 4 is 47.2 Å². The molecule has 2 rings (SSSR count). The predicted octanol–water partition coefficient (Wildman–Crippen LogP) is -0.313. The molecule has 2 atom stereocenters. The molecule has 7 amide bonds. The Labute approximate surface area is 231 Å². The number of imide groups is 1. The molecule has 14 heteroatoms. The Kier molecular flexibility index (Phi) is 11.8. The van der Waals surface area contributed by atoms with Gasteiger partial charge in [-0.2, -0.15) is 0 Å². The molecule has 1 unspecified atom stereocenters. The maximum absolute atomic E-state index is 13.2. The van der Waals surface area contributed by atoms with Gasteiger partial charge in [-0.3, -0.25) is 33.7 Å². The fraction of sp³-hybridized carbons (Fsp3) is 0.423. The van der Waals surface area contributed by atoms with E-state index < -0.39 is 66.1 Å². The van der Waals surface area contributed by atoms with Crippen LogP contribution in [0.3, 0.4) is 0 Å². The molecule has 216 valence electrons. The van der Waals surface area contributed by atoms with Crippen molar-refractivity contribution in [2.24, 2.45) is 11.7 Å². The van der Waals surface area contributed by atoms with E-state index in [1.54, 1.807) is 38.1 Å². The van der Waals surface area contributed by atoms with Crippen LogP contribution < -0.4 is 27.0 Å². The maximum atomic E-state index is 13.2. The van der Waals surface area contributed by atoms with Gasteiger partial charge >= 0.3 is 12.0 Å². The fourth-order valence-electron chi connectivity index (χ4n) is 3.63. The van der Waals surface area contributed by atoms with E-state index in [1.165, 1.54) is 6.92 Å². The summed E-state index contributed by atoms with van der Waals surface area (Å²) in [4.78, 5) is 85.0. The van der Waals surface area contributed by atoms with Gasteiger partial charge in [-0.15, -0.1) is 0 Å². The summed E-state index contributed by atoms with van der Waals surface area (Å²) in [5.41, 5.74) is 6.21. The Morgan fingerprint density at radius 2 is 1.57 bits per heavy atom. The number of nitrogens with zero attached hydrogens (tertiary/aromatic N) is 1. The third-order valence-electron chi connectivity index (χ3n) is 5.73. The summed E-state index contributed by atoms with van der Waals surface area (Å²) in [6.45, 7) is 4.34. The molecule has 0 aliphatic carbocycles. The molecular weight excluding hydrogens is 524 g/mol. The lowest BCUT2D eigenvalue weighted by atomic mass is 10.0. The molecule has 1 aliphatic heterocycles. The van der Waals surface area contributed by atoms with Gasteiger partial charge in [0.25, 0.3) is 11.8 Å². The smallest absolute Gasteiger partial charge is 0.312 e. The zero-order chi connectivity index (χ0) is 29.8. The van der Waals surface area contributed by atoms with Crippen molar-refractivity contribution in [2.45, 2.75) is 52.3 Å². The third-order valence-corrected chi connectivity index (χ3v) is 5.73. The van der Waals surface area contributed by atoms with Crippen LogP contribution in [-0.2, 0) is 40.1 Å². The summed E-state index contributed by atoms with van der Waals surface area (Å²) in [6.07, 6.45) is 2.52. The van der Waals surface area contributed by atoms with Gasteiger partial charge in [-0.1, -0.05) is 26.0 Å². The Hall–Kier alpha value is -4.75. The first kappa shape index (κ1) is 31.5. The topological polar surface area (TPSA) is 206 Å². The quantitative estimate of drug-likeness (QED) is 0.116. The molecule has 1 aromatic carbocycles. The second-order valence-electron chi connectivity index (χ2n) is 9.35. The highest BCUT2D eigenvalue weighted by Gasteiger charge is 2.31. The molecule has 0 spiro atoms. The van der Waals surface area contributed by atoms with Gasteiger partial charge in [0.2, 0.25) is 17.7 Å². The lowest BCUT2D eigenvalue weighted by Crippen LogP contribution is -2.56. The van der Waals surface area contributed by atoms with Gasteiger partial charge in [-0.25, -0.2) is 4.79 Å². The number of esters is 1. The minimum Gasteiger partial charge on any atom is -0.461 e. The standard InChI is InChI=1S/C26H34N6O8/c1-15(2)23(31-20(34)13-32-21(35)10-11-22(32)36)25(38)30-19(5-4-12-28-26(27)39)24(37)29-18-8-6-17(7-9-18)14-40-16(3)33/h6-11,15,19,23H,4-5,12-14H2,1-3H3,(H,29,37)(H,30,38)(H,31,34)(H3,27,28,39)/t19-,23?/m0/s1. The number of nitrogens with two attached hydrogens (primary N) is 1. The number of carbonyl (C=O) groups is 7. The van der Waals surface area contributed by atoms with E-state index in [4.69, 9.17) is 10.5 Å². The lowest BCUT2D eigenvalue weighted by molar-refractivity contribution is -0.142. The van der Waals surface area contributed by atoms with Crippen LogP contribution in [0.4, 0.5) is 10.5 Å². The van der Waals surface area contributed by atoms with Crippen LogP contribution >= 0.6 is 0 Å². The number of ether oxygens (including phenoxy) is 1. The van der Waals surface area contributed by atoms with E-state index >= 15 is 0 Å². The van der Waals surface area contributed by atoms with Gasteiger partial charge in [0.05, 0.1) is 0 Å². The molecule has 1 heterocycles. The highest BCUT2D eigenvalue weighted by molar-refractivity contribution is 6.14. The molecule has 6 N–H and O–H groups in total. The van der Waals surface area contributed by atoms with Gasteiger partial charge in [0.15, 0.2) is 0 Å². The van der Waals surface area contributed by atoms with Crippen molar-refractivity contribution in [3.8, 4) is 0 Å². The molecule has 1 aliphatic rings. The third kappa shape index (κ3) is 10.2. The molecule has 0 saturated carbocycles. The number of anilines is 1. The maximum Gasteiger partial charge on any atom is 0.312 e. The van der Waals surface area contributed by atoms with E-state index in [2.05, 4.69) is 21.3 Å². The molecule has 0 bridgehead atoms. The number of nitrogens with one attached hydrogen (secondary N) is 4. The number of hydrogen-bond donors (Lipinski definition) is 5. The number of primary amides is 1. The number of carbonyl (C=O) groups excluding carboxylic acids is 7. The monoisotopic (exact) mass is 558 g/mol. The van der Waals surface area contributed by atoms with Gasteiger partial charge < -0.3 is 31.7 Å². The SMILES string of the molecule is CC(=O)OCc1ccc(NC(=O)[C@H](CCCNC(N)=O)NC(=O)C(NC(=O)CN2C(=O)C=CC2=O)C(C)C)cc1. The molecule has 40 heavy (non-hydrogen) atoms. The van der Waals surface area contributed by atoms with Crippen LogP contribution in [0.1, 0.15) is 39.2 Å². The minimum atomic E-state index is -1.08. The molecule has 0 aromatic heterocycles. The van der Waals surface area contributed by atoms with Crippen LogP contribution in [0.15, 0.2) is 36.4 Å². The van der Waals surface area contributed by atoms with Crippen molar-refractivity contribution in [3.63, 3.8) is 0 Å². The van der Waals surface area contributed by atoms with Crippen LogP contribution in [0.2, 0.25) is 0 Å².